The van der Waals surface area contributed by atoms with Crippen LogP contribution < -0.4 is 16.0 Å². The topological polar surface area (TPSA) is 78.0 Å². The molecule has 1 atom stereocenters. The fourth-order valence-electron chi connectivity index (χ4n) is 3.24. The number of likely N-dealkylation sites (N-methyl/N-ethyl adjacent to an activating group) is 1. The second-order valence-corrected chi connectivity index (χ2v) is 9.09. The first kappa shape index (κ1) is 24.0. The third-order valence-corrected chi connectivity index (χ3v) is 4.92. The Bertz CT molecular complexity index is 689. The van der Waals surface area contributed by atoms with Crippen molar-refractivity contribution in [3.63, 3.8) is 0 Å². The molecule has 1 fully saturated rings. The van der Waals surface area contributed by atoms with Crippen molar-refractivity contribution in [1.82, 2.24) is 15.5 Å². The second kappa shape index (κ2) is 11.2. The molecule has 1 aromatic carbocycles. The Hall–Kier alpha value is -2.28. The van der Waals surface area contributed by atoms with Gasteiger partial charge in [-0.05, 0) is 84.7 Å². The van der Waals surface area contributed by atoms with Gasteiger partial charge >= 0.3 is 6.09 Å². The number of hydrogen-bond donors (Lipinski definition) is 3. The van der Waals surface area contributed by atoms with Gasteiger partial charge in [-0.25, -0.2) is 4.79 Å². The summed E-state index contributed by atoms with van der Waals surface area (Å²) in [6.45, 7) is 10.1. The van der Waals surface area contributed by atoms with Crippen molar-refractivity contribution in [2.45, 2.75) is 58.6 Å². The van der Waals surface area contributed by atoms with Crippen molar-refractivity contribution < 1.29 is 9.53 Å². The Morgan fingerprint density at radius 1 is 1.20 bits per heavy atom. The smallest absolute Gasteiger partial charge is 0.412 e. The Morgan fingerprint density at radius 3 is 2.40 bits per heavy atom. The lowest BCUT2D eigenvalue weighted by molar-refractivity contribution is 0.0636. The Morgan fingerprint density at radius 2 is 1.87 bits per heavy atom. The third kappa shape index (κ3) is 9.03. The van der Waals surface area contributed by atoms with Crippen LogP contribution in [0.15, 0.2) is 29.3 Å². The Labute approximate surface area is 181 Å². The van der Waals surface area contributed by atoms with Gasteiger partial charge in [-0.15, -0.1) is 0 Å². The molecule has 0 saturated heterocycles. The van der Waals surface area contributed by atoms with E-state index in [-0.39, 0.29) is 0 Å². The first-order valence-electron chi connectivity index (χ1n) is 11.0. The number of aliphatic imine (C=N–C) groups is 1. The van der Waals surface area contributed by atoms with Crippen LogP contribution in [0.3, 0.4) is 0 Å². The van der Waals surface area contributed by atoms with Gasteiger partial charge in [-0.2, -0.15) is 0 Å². The number of nitrogens with one attached hydrogen (secondary N) is 3. The highest BCUT2D eigenvalue weighted by molar-refractivity contribution is 5.84. The third-order valence-electron chi connectivity index (χ3n) is 4.92. The number of carbonyl (C=O) groups is 1. The summed E-state index contributed by atoms with van der Waals surface area (Å²) in [7, 11) is 4.28. The number of guanidine groups is 1. The lowest BCUT2D eigenvalue weighted by atomic mass is 10.1. The number of amides is 1. The fraction of sp³-hybridized carbons (Fsp3) is 0.652. The van der Waals surface area contributed by atoms with E-state index in [1.54, 1.807) is 0 Å². The molecule has 0 spiro atoms. The summed E-state index contributed by atoms with van der Waals surface area (Å²) in [5.74, 6) is 1.66. The molecule has 1 aromatic rings. The molecule has 7 nitrogen and oxygen atoms in total. The van der Waals surface area contributed by atoms with Gasteiger partial charge in [-0.3, -0.25) is 10.3 Å². The zero-order valence-corrected chi connectivity index (χ0v) is 19.4. The summed E-state index contributed by atoms with van der Waals surface area (Å²) in [5, 5.41) is 9.51. The van der Waals surface area contributed by atoms with Crippen molar-refractivity contribution in [2.24, 2.45) is 10.9 Å². The summed E-state index contributed by atoms with van der Waals surface area (Å²) in [4.78, 5) is 18.9. The van der Waals surface area contributed by atoms with E-state index < -0.39 is 11.7 Å². The molecular formula is C23H39N5O2. The lowest BCUT2D eigenvalue weighted by Crippen LogP contribution is -2.40. The van der Waals surface area contributed by atoms with Gasteiger partial charge in [0.25, 0.3) is 0 Å². The van der Waals surface area contributed by atoms with Crippen molar-refractivity contribution >= 4 is 17.7 Å². The number of ether oxygens (including phenoxy) is 1. The second-order valence-electron chi connectivity index (χ2n) is 9.09. The molecule has 1 saturated carbocycles. The van der Waals surface area contributed by atoms with Gasteiger partial charge in [0, 0.05) is 24.8 Å². The number of carbonyl (C=O) groups excluding carboxylic acids is 1. The van der Waals surface area contributed by atoms with Crippen LogP contribution in [0.25, 0.3) is 0 Å². The number of anilines is 1. The van der Waals surface area contributed by atoms with E-state index in [0.717, 1.165) is 43.6 Å². The first-order valence-corrected chi connectivity index (χ1v) is 11.0. The molecule has 7 heteroatoms. The van der Waals surface area contributed by atoms with Gasteiger partial charge in [0.05, 0.1) is 6.54 Å². The van der Waals surface area contributed by atoms with Crippen LogP contribution in [0, 0.1) is 5.92 Å². The fourth-order valence-corrected chi connectivity index (χ4v) is 3.24. The number of rotatable bonds is 9. The van der Waals surface area contributed by atoms with Gasteiger partial charge in [0.1, 0.15) is 5.60 Å². The van der Waals surface area contributed by atoms with E-state index in [2.05, 4.69) is 41.9 Å². The van der Waals surface area contributed by atoms with E-state index in [1.165, 1.54) is 18.4 Å². The summed E-state index contributed by atoms with van der Waals surface area (Å²) < 4.78 is 5.28. The van der Waals surface area contributed by atoms with Crippen LogP contribution in [0.2, 0.25) is 0 Å². The van der Waals surface area contributed by atoms with Crippen LogP contribution in [0.5, 0.6) is 0 Å². The van der Waals surface area contributed by atoms with E-state index in [9.17, 15) is 4.79 Å². The molecule has 0 heterocycles. The average Bonchev–Trinajstić information content (AvgIpc) is 3.46. The molecule has 1 aliphatic carbocycles. The lowest BCUT2D eigenvalue weighted by Gasteiger charge is -2.23. The van der Waals surface area contributed by atoms with Crippen molar-refractivity contribution in [1.29, 1.82) is 0 Å². The molecule has 0 radical (unpaired) electrons. The highest BCUT2D eigenvalue weighted by Crippen LogP contribution is 2.34. The molecule has 30 heavy (non-hydrogen) atoms. The zero-order valence-electron chi connectivity index (χ0n) is 19.4. The number of nitrogens with zero attached hydrogens (tertiary/aromatic N) is 2. The van der Waals surface area contributed by atoms with E-state index in [1.807, 2.05) is 45.0 Å². The first-order chi connectivity index (χ1) is 14.2. The summed E-state index contributed by atoms with van der Waals surface area (Å²) >= 11 is 0. The standard InChI is InChI=1S/C23H39N5O2/c1-7-24-21(26-16-20(28(5)6)18-10-11-18)25-15-14-17-8-12-19(13-9-17)27-22(29)30-23(2,3)4/h8-9,12-13,18,20H,7,10-11,14-16H2,1-6H3,(H,27,29)(H2,24,25,26). The minimum atomic E-state index is -0.507. The molecule has 0 aliphatic heterocycles. The Kier molecular flexibility index (Phi) is 8.96. The number of benzene rings is 1. The Balaban J connectivity index is 1.80. The van der Waals surface area contributed by atoms with Gasteiger partial charge < -0.3 is 20.3 Å². The minimum Gasteiger partial charge on any atom is -0.444 e. The normalized spacial score (nSPS) is 15.6. The molecule has 0 bridgehead atoms. The molecule has 1 amide bonds. The van der Waals surface area contributed by atoms with Crippen LogP contribution >= 0.6 is 0 Å². The molecular weight excluding hydrogens is 378 g/mol. The van der Waals surface area contributed by atoms with Crippen molar-refractivity contribution in [3.05, 3.63) is 29.8 Å². The monoisotopic (exact) mass is 417 g/mol. The SMILES string of the molecule is CCNC(=NCC(C1CC1)N(C)C)NCCc1ccc(NC(=O)OC(C)(C)C)cc1. The largest absolute Gasteiger partial charge is 0.444 e. The minimum absolute atomic E-state index is 0.439. The highest BCUT2D eigenvalue weighted by Gasteiger charge is 2.32. The summed E-state index contributed by atoms with van der Waals surface area (Å²) in [6, 6.07) is 8.36. The maximum Gasteiger partial charge on any atom is 0.412 e. The van der Waals surface area contributed by atoms with Crippen LogP contribution in [-0.4, -0.2) is 62.3 Å². The van der Waals surface area contributed by atoms with Crippen molar-refractivity contribution in [2.75, 3.05) is 39.0 Å². The predicted octanol–water partition coefficient (Wildman–Crippen LogP) is 3.47. The van der Waals surface area contributed by atoms with Gasteiger partial charge in [0.15, 0.2) is 5.96 Å². The van der Waals surface area contributed by atoms with Crippen molar-refractivity contribution in [3.8, 4) is 0 Å². The quantitative estimate of drug-likeness (QED) is 0.424. The number of hydrogen-bond acceptors (Lipinski definition) is 4. The van der Waals surface area contributed by atoms with Gasteiger partial charge in [0.2, 0.25) is 0 Å². The van der Waals surface area contributed by atoms with E-state index in [0.29, 0.717) is 6.04 Å². The molecule has 3 N–H and O–H groups in total. The molecule has 1 unspecified atom stereocenters. The van der Waals surface area contributed by atoms with E-state index in [4.69, 9.17) is 9.73 Å². The molecule has 2 rings (SSSR count). The molecule has 168 valence electrons. The maximum absolute atomic E-state index is 11.9. The molecule has 0 aromatic heterocycles. The van der Waals surface area contributed by atoms with Crippen LogP contribution in [0.1, 0.15) is 46.1 Å². The average molecular weight is 418 g/mol. The maximum atomic E-state index is 11.9. The zero-order chi connectivity index (χ0) is 22.1. The predicted molar refractivity (Wildman–Crippen MR) is 124 cm³/mol. The molecule has 1 aliphatic rings. The van der Waals surface area contributed by atoms with E-state index >= 15 is 0 Å². The van der Waals surface area contributed by atoms with Crippen LogP contribution in [0.4, 0.5) is 10.5 Å². The highest BCUT2D eigenvalue weighted by atomic mass is 16.6. The van der Waals surface area contributed by atoms with Crippen LogP contribution in [-0.2, 0) is 11.2 Å². The summed E-state index contributed by atoms with van der Waals surface area (Å²) in [5.41, 5.74) is 1.41. The summed E-state index contributed by atoms with van der Waals surface area (Å²) in [6.07, 6.45) is 3.07. The van der Waals surface area contributed by atoms with Gasteiger partial charge in [-0.1, -0.05) is 12.1 Å².